The molecule has 1 aromatic heterocycles. The summed E-state index contributed by atoms with van der Waals surface area (Å²) in [5.74, 6) is 6.41. The molecule has 0 radical (unpaired) electrons. The third kappa shape index (κ3) is 4.99. The van der Waals surface area contributed by atoms with Crippen molar-refractivity contribution in [2.75, 3.05) is 5.84 Å². The van der Waals surface area contributed by atoms with Crippen LogP contribution in [0.2, 0.25) is 0 Å². The minimum Gasteiger partial charge on any atom is -0.353 e. The predicted octanol–water partition coefficient (Wildman–Crippen LogP) is 1.92. The minimum atomic E-state index is -0.278. The molecule has 0 bridgehead atoms. The molecule has 0 aliphatic carbocycles. The van der Waals surface area contributed by atoms with Gasteiger partial charge < -0.3 is 11.2 Å². The first kappa shape index (κ1) is 17.3. The third-order valence-corrected chi connectivity index (χ3v) is 4.64. The summed E-state index contributed by atoms with van der Waals surface area (Å²) >= 11 is 1.31. The van der Waals surface area contributed by atoms with Gasteiger partial charge in [0.05, 0.1) is 5.25 Å². The predicted molar refractivity (Wildman–Crippen MR) is 92.6 cm³/mol. The van der Waals surface area contributed by atoms with E-state index >= 15 is 0 Å². The van der Waals surface area contributed by atoms with E-state index in [9.17, 15) is 4.79 Å². The second-order valence-corrected chi connectivity index (χ2v) is 6.90. The van der Waals surface area contributed by atoms with Crippen molar-refractivity contribution in [1.82, 2.24) is 20.2 Å². The van der Waals surface area contributed by atoms with Gasteiger partial charge in [0.2, 0.25) is 11.1 Å². The molecular weight excluding hydrogens is 310 g/mol. The highest BCUT2D eigenvalue weighted by molar-refractivity contribution is 8.00. The SMILES string of the molecule is Cc1nnc(S[C@H](C)C(=O)N[C@H](C)CCc2ccccc2)n1N. The summed E-state index contributed by atoms with van der Waals surface area (Å²) < 4.78 is 1.40. The lowest BCUT2D eigenvalue weighted by Crippen LogP contribution is -2.38. The first-order valence-electron chi connectivity index (χ1n) is 7.65. The van der Waals surface area contributed by atoms with Crippen LogP contribution in [0.5, 0.6) is 0 Å². The van der Waals surface area contributed by atoms with E-state index in [0.29, 0.717) is 11.0 Å². The molecule has 0 unspecified atom stereocenters. The molecule has 1 aromatic carbocycles. The number of nitrogens with two attached hydrogens (primary N) is 1. The second kappa shape index (κ2) is 8.01. The third-order valence-electron chi connectivity index (χ3n) is 3.58. The number of carbonyl (C=O) groups is 1. The van der Waals surface area contributed by atoms with Crippen molar-refractivity contribution in [2.24, 2.45) is 0 Å². The molecular formula is C16H23N5OS. The maximum atomic E-state index is 12.3. The van der Waals surface area contributed by atoms with E-state index in [1.165, 1.54) is 22.0 Å². The van der Waals surface area contributed by atoms with Crippen molar-refractivity contribution < 1.29 is 4.79 Å². The monoisotopic (exact) mass is 333 g/mol. The number of thioether (sulfide) groups is 1. The zero-order valence-corrected chi connectivity index (χ0v) is 14.5. The van der Waals surface area contributed by atoms with Crippen molar-refractivity contribution in [3.8, 4) is 0 Å². The largest absolute Gasteiger partial charge is 0.353 e. The number of amides is 1. The lowest BCUT2D eigenvalue weighted by atomic mass is 10.1. The second-order valence-electron chi connectivity index (χ2n) is 5.59. The topological polar surface area (TPSA) is 85.8 Å². The number of rotatable bonds is 7. The van der Waals surface area contributed by atoms with Crippen LogP contribution in [0.1, 0.15) is 31.7 Å². The van der Waals surface area contributed by atoms with E-state index in [0.717, 1.165) is 12.8 Å². The Hall–Kier alpha value is -2.02. The van der Waals surface area contributed by atoms with Gasteiger partial charge in [0, 0.05) is 6.04 Å². The zero-order chi connectivity index (χ0) is 16.8. The summed E-state index contributed by atoms with van der Waals surface area (Å²) in [6, 6.07) is 10.4. The number of benzene rings is 1. The lowest BCUT2D eigenvalue weighted by molar-refractivity contribution is -0.120. The number of nitrogens with zero attached hydrogens (tertiary/aromatic N) is 3. The van der Waals surface area contributed by atoms with Gasteiger partial charge in [-0.25, -0.2) is 4.68 Å². The molecule has 0 fully saturated rings. The Morgan fingerprint density at radius 1 is 1.30 bits per heavy atom. The molecule has 0 spiro atoms. The highest BCUT2D eigenvalue weighted by Crippen LogP contribution is 2.20. The average molecular weight is 333 g/mol. The van der Waals surface area contributed by atoms with E-state index in [1.807, 2.05) is 32.0 Å². The van der Waals surface area contributed by atoms with Crippen molar-refractivity contribution in [3.63, 3.8) is 0 Å². The van der Waals surface area contributed by atoms with Gasteiger partial charge in [0.25, 0.3) is 0 Å². The molecule has 2 rings (SSSR count). The highest BCUT2D eigenvalue weighted by atomic mass is 32.2. The van der Waals surface area contributed by atoms with Crippen LogP contribution in [0.4, 0.5) is 0 Å². The molecule has 124 valence electrons. The summed E-state index contributed by atoms with van der Waals surface area (Å²) in [6.07, 6.45) is 1.85. The Bertz CT molecular complexity index is 643. The van der Waals surface area contributed by atoms with Gasteiger partial charge >= 0.3 is 0 Å². The molecule has 0 saturated carbocycles. The van der Waals surface area contributed by atoms with Gasteiger partial charge in [-0.2, -0.15) is 0 Å². The average Bonchev–Trinajstić information content (AvgIpc) is 2.86. The van der Waals surface area contributed by atoms with Crippen LogP contribution in [-0.2, 0) is 11.2 Å². The van der Waals surface area contributed by atoms with Crippen LogP contribution < -0.4 is 11.2 Å². The fourth-order valence-electron chi connectivity index (χ4n) is 2.10. The molecule has 2 aromatic rings. The Kier molecular flexibility index (Phi) is 6.04. The first-order chi connectivity index (χ1) is 11.0. The van der Waals surface area contributed by atoms with Crippen molar-refractivity contribution in [1.29, 1.82) is 0 Å². The Morgan fingerprint density at radius 2 is 2.00 bits per heavy atom. The molecule has 1 amide bonds. The van der Waals surface area contributed by atoms with Crippen LogP contribution in [-0.4, -0.2) is 32.1 Å². The molecule has 3 N–H and O–H groups in total. The molecule has 0 saturated heterocycles. The first-order valence-corrected chi connectivity index (χ1v) is 8.53. The van der Waals surface area contributed by atoms with E-state index < -0.39 is 0 Å². The molecule has 1 heterocycles. The summed E-state index contributed by atoms with van der Waals surface area (Å²) in [6.45, 7) is 5.63. The van der Waals surface area contributed by atoms with Crippen LogP contribution in [0, 0.1) is 6.92 Å². The normalized spacial score (nSPS) is 13.5. The molecule has 2 atom stereocenters. The van der Waals surface area contributed by atoms with Gasteiger partial charge in [-0.05, 0) is 39.2 Å². The van der Waals surface area contributed by atoms with E-state index in [1.54, 1.807) is 6.92 Å². The molecule has 23 heavy (non-hydrogen) atoms. The fraction of sp³-hybridized carbons (Fsp3) is 0.438. The standard InChI is InChI=1S/C16H23N5OS/c1-11(9-10-14-7-5-4-6-8-14)18-15(22)12(2)23-16-20-19-13(3)21(16)17/h4-8,11-12H,9-10,17H2,1-3H3,(H,18,22)/t11-,12-/m1/s1. The number of hydrogen-bond donors (Lipinski definition) is 2. The number of nitrogen functional groups attached to an aromatic ring is 1. The molecule has 7 heteroatoms. The van der Waals surface area contributed by atoms with Gasteiger partial charge in [-0.1, -0.05) is 42.1 Å². The van der Waals surface area contributed by atoms with Crippen LogP contribution in [0.3, 0.4) is 0 Å². The molecule has 0 aliphatic heterocycles. The van der Waals surface area contributed by atoms with E-state index in [2.05, 4.69) is 27.6 Å². The molecule has 0 aliphatic rings. The zero-order valence-electron chi connectivity index (χ0n) is 13.7. The van der Waals surface area contributed by atoms with Crippen LogP contribution >= 0.6 is 11.8 Å². The quantitative estimate of drug-likeness (QED) is 0.597. The Balaban J connectivity index is 1.79. The summed E-state index contributed by atoms with van der Waals surface area (Å²) in [4.78, 5) is 12.3. The summed E-state index contributed by atoms with van der Waals surface area (Å²) in [5.41, 5.74) is 1.28. The number of nitrogens with one attached hydrogen (secondary N) is 1. The lowest BCUT2D eigenvalue weighted by Gasteiger charge is -2.17. The number of aryl methyl sites for hydroxylation is 2. The fourth-order valence-corrected chi connectivity index (χ4v) is 2.93. The van der Waals surface area contributed by atoms with Crippen LogP contribution in [0.25, 0.3) is 0 Å². The maximum Gasteiger partial charge on any atom is 0.233 e. The minimum absolute atomic E-state index is 0.0174. The van der Waals surface area contributed by atoms with E-state index in [4.69, 9.17) is 5.84 Å². The van der Waals surface area contributed by atoms with Crippen molar-refractivity contribution >= 4 is 17.7 Å². The number of carbonyl (C=O) groups excluding carboxylic acids is 1. The number of hydrogen-bond acceptors (Lipinski definition) is 5. The van der Waals surface area contributed by atoms with Crippen molar-refractivity contribution in [2.45, 2.75) is 50.1 Å². The van der Waals surface area contributed by atoms with Crippen LogP contribution in [0.15, 0.2) is 35.5 Å². The van der Waals surface area contributed by atoms with Gasteiger partial charge in [0.1, 0.15) is 5.82 Å². The highest BCUT2D eigenvalue weighted by Gasteiger charge is 2.19. The van der Waals surface area contributed by atoms with Gasteiger partial charge in [-0.3, -0.25) is 4.79 Å². The van der Waals surface area contributed by atoms with Gasteiger partial charge in [-0.15, -0.1) is 10.2 Å². The molecule has 6 nitrogen and oxygen atoms in total. The van der Waals surface area contributed by atoms with Crippen molar-refractivity contribution in [3.05, 3.63) is 41.7 Å². The number of aromatic nitrogens is 3. The summed E-state index contributed by atoms with van der Waals surface area (Å²) in [7, 11) is 0. The van der Waals surface area contributed by atoms with Gasteiger partial charge in [0.15, 0.2) is 0 Å². The smallest absolute Gasteiger partial charge is 0.233 e. The maximum absolute atomic E-state index is 12.3. The summed E-state index contributed by atoms with van der Waals surface area (Å²) in [5, 5.41) is 11.2. The Labute approximate surface area is 140 Å². The Morgan fingerprint density at radius 3 is 2.61 bits per heavy atom. The van der Waals surface area contributed by atoms with E-state index in [-0.39, 0.29) is 17.2 Å².